The highest BCUT2D eigenvalue weighted by atomic mass is 32.2. The molecule has 0 aromatic heterocycles. The third kappa shape index (κ3) is 2.86. The van der Waals surface area contributed by atoms with Crippen LogP contribution in [-0.2, 0) is 16.0 Å². The molecule has 1 rings (SSSR count). The summed E-state index contributed by atoms with van der Waals surface area (Å²) in [6.45, 7) is 3.15. The molecule has 1 saturated heterocycles. The molecule has 1 aliphatic rings. The second-order valence-corrected chi connectivity index (χ2v) is 3.76. The Balaban J connectivity index is 2.28. The van der Waals surface area contributed by atoms with Crippen LogP contribution in [-0.4, -0.2) is 27.5 Å². The zero-order chi connectivity index (χ0) is 8.32. The van der Waals surface area contributed by atoms with Gasteiger partial charge in [0, 0.05) is 13.2 Å². The Morgan fingerprint density at radius 3 is 3.00 bits per heavy atom. The highest BCUT2D eigenvalue weighted by Gasteiger charge is 2.29. The van der Waals surface area contributed by atoms with Crippen molar-refractivity contribution in [3.63, 3.8) is 0 Å². The van der Waals surface area contributed by atoms with Crippen molar-refractivity contribution in [3.05, 3.63) is 0 Å². The van der Waals surface area contributed by atoms with Gasteiger partial charge >= 0.3 is 0 Å². The summed E-state index contributed by atoms with van der Waals surface area (Å²) in [6.07, 6.45) is 1.99. The van der Waals surface area contributed by atoms with Gasteiger partial charge in [-0.05, 0) is 19.8 Å². The first kappa shape index (κ1) is 9.12. The van der Waals surface area contributed by atoms with E-state index in [4.69, 9.17) is 9.29 Å². The minimum atomic E-state index is -1.92. The third-order valence-corrected chi connectivity index (χ3v) is 2.26. The number of hydrogen-bond donors (Lipinski definition) is 2. The van der Waals surface area contributed by atoms with Gasteiger partial charge in [-0.25, -0.2) is 8.93 Å². The highest BCUT2D eigenvalue weighted by molar-refractivity contribution is 7.77. The number of rotatable bonds is 3. The van der Waals surface area contributed by atoms with Crippen LogP contribution >= 0.6 is 0 Å². The first-order valence-electron chi connectivity index (χ1n) is 3.61. The third-order valence-electron chi connectivity index (χ3n) is 1.87. The summed E-state index contributed by atoms with van der Waals surface area (Å²) in [7, 11) is 0. The molecule has 2 atom stereocenters. The van der Waals surface area contributed by atoms with Crippen LogP contribution in [0.4, 0.5) is 0 Å². The monoisotopic (exact) mass is 179 g/mol. The van der Waals surface area contributed by atoms with E-state index >= 15 is 0 Å². The van der Waals surface area contributed by atoms with Gasteiger partial charge in [-0.15, -0.1) is 0 Å². The van der Waals surface area contributed by atoms with Gasteiger partial charge < -0.3 is 4.74 Å². The molecule has 11 heavy (non-hydrogen) atoms. The lowest BCUT2D eigenvalue weighted by Crippen LogP contribution is -2.37. The van der Waals surface area contributed by atoms with Gasteiger partial charge in [0.05, 0.1) is 5.60 Å². The molecular formula is C6H13NO3S. The van der Waals surface area contributed by atoms with Crippen LogP contribution in [0.3, 0.4) is 0 Å². The Morgan fingerprint density at radius 2 is 2.55 bits per heavy atom. The normalized spacial score (nSPS) is 34.0. The average Bonchev–Trinajstić information content (AvgIpc) is 2.33. The highest BCUT2D eigenvalue weighted by Crippen LogP contribution is 2.23. The molecule has 66 valence electrons. The summed E-state index contributed by atoms with van der Waals surface area (Å²) in [5.41, 5.74) is -0.238. The van der Waals surface area contributed by atoms with Gasteiger partial charge in [0.15, 0.2) is 0 Å². The minimum Gasteiger partial charge on any atom is -0.374 e. The molecular weight excluding hydrogens is 166 g/mol. The van der Waals surface area contributed by atoms with Gasteiger partial charge in [0.25, 0.3) is 0 Å². The Kier molecular flexibility index (Phi) is 3.00. The summed E-state index contributed by atoms with van der Waals surface area (Å²) in [4.78, 5) is 0. The van der Waals surface area contributed by atoms with Crippen LogP contribution < -0.4 is 4.72 Å². The first-order chi connectivity index (χ1) is 5.12. The van der Waals surface area contributed by atoms with E-state index in [1.807, 2.05) is 6.92 Å². The molecule has 1 fully saturated rings. The van der Waals surface area contributed by atoms with Gasteiger partial charge in [-0.3, -0.25) is 4.55 Å². The van der Waals surface area contributed by atoms with E-state index in [1.54, 1.807) is 0 Å². The van der Waals surface area contributed by atoms with Crippen molar-refractivity contribution in [2.24, 2.45) is 0 Å². The van der Waals surface area contributed by atoms with E-state index in [0.717, 1.165) is 19.4 Å². The molecule has 5 heteroatoms. The molecule has 0 amide bonds. The molecule has 1 aliphatic heterocycles. The van der Waals surface area contributed by atoms with Crippen molar-refractivity contribution in [1.82, 2.24) is 4.72 Å². The summed E-state index contributed by atoms with van der Waals surface area (Å²) >= 11 is -1.92. The van der Waals surface area contributed by atoms with Gasteiger partial charge in [-0.2, -0.15) is 0 Å². The zero-order valence-electron chi connectivity index (χ0n) is 6.50. The number of nitrogens with one attached hydrogen (secondary N) is 1. The maximum absolute atomic E-state index is 10.2. The van der Waals surface area contributed by atoms with Gasteiger partial charge in [-0.1, -0.05) is 0 Å². The van der Waals surface area contributed by atoms with Crippen LogP contribution in [0.2, 0.25) is 0 Å². The fourth-order valence-electron chi connectivity index (χ4n) is 1.19. The van der Waals surface area contributed by atoms with E-state index in [-0.39, 0.29) is 5.60 Å². The van der Waals surface area contributed by atoms with Crippen LogP contribution in [0, 0.1) is 0 Å². The fraction of sp³-hybridized carbons (Fsp3) is 1.00. The molecule has 2 N–H and O–H groups in total. The average molecular weight is 179 g/mol. The molecule has 0 aliphatic carbocycles. The number of hydrogen-bond acceptors (Lipinski definition) is 2. The second kappa shape index (κ2) is 3.62. The summed E-state index contributed by atoms with van der Waals surface area (Å²) in [5, 5.41) is 0. The predicted octanol–water partition coefficient (Wildman–Crippen LogP) is 0.282. The topological polar surface area (TPSA) is 58.6 Å². The van der Waals surface area contributed by atoms with Gasteiger partial charge in [0.1, 0.15) is 0 Å². The standard InChI is InChI=1S/C6H13NO3S/c1-6(3-2-4-10-6)5-7-11(8)9/h7H,2-5H2,1H3,(H,8,9). The lowest BCUT2D eigenvalue weighted by molar-refractivity contribution is 0.0250. The van der Waals surface area contributed by atoms with Crippen molar-refractivity contribution in [3.8, 4) is 0 Å². The van der Waals surface area contributed by atoms with Gasteiger partial charge in [0.2, 0.25) is 11.3 Å². The minimum absolute atomic E-state index is 0.238. The zero-order valence-corrected chi connectivity index (χ0v) is 7.32. The Hall–Kier alpha value is 0.0300. The Labute approximate surface area is 68.7 Å². The summed E-state index contributed by atoms with van der Waals surface area (Å²) in [6, 6.07) is 0. The molecule has 0 spiro atoms. The van der Waals surface area contributed by atoms with Crippen molar-refractivity contribution in [2.75, 3.05) is 13.2 Å². The van der Waals surface area contributed by atoms with Crippen molar-refractivity contribution in [2.45, 2.75) is 25.4 Å². The van der Waals surface area contributed by atoms with Crippen LogP contribution in [0.25, 0.3) is 0 Å². The molecule has 0 saturated carbocycles. The van der Waals surface area contributed by atoms with E-state index in [2.05, 4.69) is 4.72 Å². The first-order valence-corrected chi connectivity index (χ1v) is 4.71. The number of ether oxygens (including phenoxy) is 1. The molecule has 1 heterocycles. The quantitative estimate of drug-likeness (QED) is 0.612. The molecule has 0 aromatic rings. The lowest BCUT2D eigenvalue weighted by Gasteiger charge is -2.21. The molecule has 0 radical (unpaired) electrons. The largest absolute Gasteiger partial charge is 0.374 e. The lowest BCUT2D eigenvalue weighted by atomic mass is 10.0. The molecule has 4 nitrogen and oxygen atoms in total. The Bertz CT molecular complexity index is 156. The van der Waals surface area contributed by atoms with Crippen LogP contribution in [0.5, 0.6) is 0 Å². The second-order valence-electron chi connectivity index (χ2n) is 2.97. The van der Waals surface area contributed by atoms with Crippen molar-refractivity contribution in [1.29, 1.82) is 0 Å². The maximum Gasteiger partial charge on any atom is 0.231 e. The molecule has 0 aromatic carbocycles. The summed E-state index contributed by atoms with van der Waals surface area (Å²) in [5.74, 6) is 0. The Morgan fingerprint density at radius 1 is 1.82 bits per heavy atom. The predicted molar refractivity (Wildman–Crippen MR) is 42.4 cm³/mol. The smallest absolute Gasteiger partial charge is 0.231 e. The van der Waals surface area contributed by atoms with E-state index in [1.165, 1.54) is 0 Å². The fourth-order valence-corrected chi connectivity index (χ4v) is 1.62. The van der Waals surface area contributed by atoms with Crippen molar-refractivity contribution < 1.29 is 13.5 Å². The van der Waals surface area contributed by atoms with Crippen molar-refractivity contribution >= 4 is 11.3 Å². The molecule has 0 bridgehead atoms. The maximum atomic E-state index is 10.2. The van der Waals surface area contributed by atoms with E-state index in [0.29, 0.717) is 6.54 Å². The van der Waals surface area contributed by atoms with E-state index in [9.17, 15) is 4.21 Å². The van der Waals surface area contributed by atoms with E-state index < -0.39 is 11.3 Å². The van der Waals surface area contributed by atoms with Crippen LogP contribution in [0.1, 0.15) is 19.8 Å². The summed E-state index contributed by atoms with van der Waals surface area (Å²) < 4.78 is 26.5. The van der Waals surface area contributed by atoms with Crippen LogP contribution in [0.15, 0.2) is 0 Å². The SMILES string of the molecule is CC1(CNS(=O)O)CCCO1. The molecule has 2 unspecified atom stereocenters.